The molecular weight excluding hydrogens is 210 g/mol. The average Bonchev–Trinajstić information content (AvgIpc) is 2.21. The predicted octanol–water partition coefficient (Wildman–Crippen LogP) is 2.61. The maximum absolute atomic E-state index is 12.0. The topological polar surface area (TPSA) is 20.3 Å². The second kappa shape index (κ2) is 5.17. The Morgan fingerprint density at radius 2 is 2.07 bits per heavy atom. The molecule has 0 atom stereocenters. The minimum absolute atomic E-state index is 0.0388. The number of benzene rings is 1. The van der Waals surface area contributed by atoms with E-state index in [1.165, 1.54) is 0 Å². The van der Waals surface area contributed by atoms with Gasteiger partial charge in [0, 0.05) is 25.0 Å². The highest BCUT2D eigenvalue weighted by Crippen LogP contribution is 2.14. The molecule has 1 aromatic rings. The molecule has 0 saturated carbocycles. The third-order valence-corrected chi connectivity index (χ3v) is 2.77. The Bertz CT molecular complexity index is 363. The van der Waals surface area contributed by atoms with Crippen LogP contribution in [0.5, 0.6) is 0 Å². The number of rotatable bonds is 3. The summed E-state index contributed by atoms with van der Waals surface area (Å²) in [6, 6.07) is 5.77. The predicted molar refractivity (Wildman–Crippen MR) is 63.6 cm³/mol. The maximum atomic E-state index is 12.0. The van der Waals surface area contributed by atoms with Gasteiger partial charge in [-0.1, -0.05) is 12.1 Å². The molecule has 82 valence electrons. The summed E-state index contributed by atoms with van der Waals surface area (Å²) in [4.78, 5) is 13.6. The second-order valence-electron chi connectivity index (χ2n) is 3.66. The first kappa shape index (κ1) is 12.1. The Balaban J connectivity index is 2.96. The van der Waals surface area contributed by atoms with Crippen molar-refractivity contribution in [1.82, 2.24) is 4.90 Å². The molecule has 1 amide bonds. The number of carbonyl (C=O) groups excluding carboxylic acids is 1. The van der Waals surface area contributed by atoms with Crippen LogP contribution in [0, 0.1) is 13.8 Å². The van der Waals surface area contributed by atoms with Crippen LogP contribution in [0.25, 0.3) is 0 Å². The number of hydrogen-bond donors (Lipinski definition) is 0. The van der Waals surface area contributed by atoms with Gasteiger partial charge in [0.2, 0.25) is 0 Å². The van der Waals surface area contributed by atoms with Crippen molar-refractivity contribution in [3.63, 3.8) is 0 Å². The standard InChI is InChI=1S/C12H16ClNO/c1-9-5-4-6-11(10(9)2)12(15)14(3)8-7-13/h4-6H,7-8H2,1-3H3. The molecule has 0 fully saturated rings. The first-order valence-corrected chi connectivity index (χ1v) is 5.49. The Labute approximate surface area is 95.8 Å². The van der Waals surface area contributed by atoms with E-state index < -0.39 is 0 Å². The lowest BCUT2D eigenvalue weighted by Gasteiger charge is -2.17. The van der Waals surface area contributed by atoms with Gasteiger partial charge in [0.1, 0.15) is 0 Å². The van der Waals surface area contributed by atoms with Crippen LogP contribution in [0.3, 0.4) is 0 Å². The van der Waals surface area contributed by atoms with E-state index in [1.807, 2.05) is 32.0 Å². The summed E-state index contributed by atoms with van der Waals surface area (Å²) in [6.07, 6.45) is 0. The van der Waals surface area contributed by atoms with Crippen LogP contribution in [0.4, 0.5) is 0 Å². The summed E-state index contributed by atoms with van der Waals surface area (Å²) in [6.45, 7) is 4.55. The minimum Gasteiger partial charge on any atom is -0.341 e. The fourth-order valence-corrected chi connectivity index (χ4v) is 1.67. The third kappa shape index (κ3) is 2.72. The van der Waals surface area contributed by atoms with Crippen LogP contribution in [-0.2, 0) is 0 Å². The van der Waals surface area contributed by atoms with Crippen molar-refractivity contribution in [2.75, 3.05) is 19.5 Å². The van der Waals surface area contributed by atoms with Crippen LogP contribution in [-0.4, -0.2) is 30.3 Å². The molecule has 0 aliphatic heterocycles. The fraction of sp³-hybridized carbons (Fsp3) is 0.417. The van der Waals surface area contributed by atoms with Gasteiger partial charge in [-0.25, -0.2) is 0 Å². The largest absolute Gasteiger partial charge is 0.341 e. The van der Waals surface area contributed by atoms with Gasteiger partial charge in [-0.15, -0.1) is 11.6 Å². The van der Waals surface area contributed by atoms with Crippen molar-refractivity contribution in [1.29, 1.82) is 0 Å². The number of amides is 1. The van der Waals surface area contributed by atoms with E-state index in [-0.39, 0.29) is 5.91 Å². The molecule has 15 heavy (non-hydrogen) atoms. The molecule has 1 aromatic carbocycles. The van der Waals surface area contributed by atoms with Gasteiger partial charge >= 0.3 is 0 Å². The van der Waals surface area contributed by atoms with Crippen molar-refractivity contribution in [3.8, 4) is 0 Å². The van der Waals surface area contributed by atoms with Crippen LogP contribution in [0.15, 0.2) is 18.2 Å². The molecule has 3 heteroatoms. The molecule has 0 aliphatic rings. The highest BCUT2D eigenvalue weighted by molar-refractivity contribution is 6.18. The number of halogens is 1. The molecular formula is C12H16ClNO. The second-order valence-corrected chi connectivity index (χ2v) is 4.04. The SMILES string of the molecule is Cc1cccc(C(=O)N(C)CCCl)c1C. The lowest BCUT2D eigenvalue weighted by molar-refractivity contribution is 0.0802. The van der Waals surface area contributed by atoms with Gasteiger partial charge < -0.3 is 4.90 Å². The van der Waals surface area contributed by atoms with E-state index in [9.17, 15) is 4.79 Å². The highest BCUT2D eigenvalue weighted by atomic mass is 35.5. The highest BCUT2D eigenvalue weighted by Gasteiger charge is 2.13. The number of nitrogens with zero attached hydrogens (tertiary/aromatic N) is 1. The zero-order valence-corrected chi connectivity index (χ0v) is 10.1. The lowest BCUT2D eigenvalue weighted by Crippen LogP contribution is -2.29. The van der Waals surface area contributed by atoms with Crippen molar-refractivity contribution in [2.45, 2.75) is 13.8 Å². The summed E-state index contributed by atoms with van der Waals surface area (Å²) >= 11 is 5.61. The summed E-state index contributed by atoms with van der Waals surface area (Å²) in [7, 11) is 1.77. The normalized spacial score (nSPS) is 10.1. The Morgan fingerprint density at radius 3 is 2.67 bits per heavy atom. The molecule has 0 radical (unpaired) electrons. The molecule has 2 nitrogen and oxygen atoms in total. The monoisotopic (exact) mass is 225 g/mol. The zero-order chi connectivity index (χ0) is 11.4. The summed E-state index contributed by atoms with van der Waals surface area (Å²) < 4.78 is 0. The van der Waals surface area contributed by atoms with Crippen LogP contribution in [0.2, 0.25) is 0 Å². The van der Waals surface area contributed by atoms with E-state index in [1.54, 1.807) is 11.9 Å². The van der Waals surface area contributed by atoms with E-state index in [0.29, 0.717) is 12.4 Å². The van der Waals surface area contributed by atoms with Gasteiger partial charge in [-0.3, -0.25) is 4.79 Å². The smallest absolute Gasteiger partial charge is 0.253 e. The van der Waals surface area contributed by atoms with E-state index >= 15 is 0 Å². The van der Waals surface area contributed by atoms with E-state index in [0.717, 1.165) is 16.7 Å². The van der Waals surface area contributed by atoms with Gasteiger partial charge in [-0.05, 0) is 31.0 Å². The molecule has 0 saturated heterocycles. The fourth-order valence-electron chi connectivity index (χ4n) is 1.42. The summed E-state index contributed by atoms with van der Waals surface area (Å²) in [5, 5.41) is 0. The van der Waals surface area contributed by atoms with Crippen LogP contribution >= 0.6 is 11.6 Å². The Kier molecular flexibility index (Phi) is 4.15. The number of hydrogen-bond acceptors (Lipinski definition) is 1. The third-order valence-electron chi connectivity index (χ3n) is 2.60. The quantitative estimate of drug-likeness (QED) is 0.725. The maximum Gasteiger partial charge on any atom is 0.253 e. The van der Waals surface area contributed by atoms with Crippen molar-refractivity contribution >= 4 is 17.5 Å². The molecule has 0 spiro atoms. The van der Waals surface area contributed by atoms with Crippen molar-refractivity contribution in [2.24, 2.45) is 0 Å². The van der Waals surface area contributed by atoms with E-state index in [4.69, 9.17) is 11.6 Å². The zero-order valence-electron chi connectivity index (χ0n) is 9.38. The number of aryl methyl sites for hydroxylation is 1. The van der Waals surface area contributed by atoms with Gasteiger partial charge in [-0.2, -0.15) is 0 Å². The molecule has 0 N–H and O–H groups in total. The first-order chi connectivity index (χ1) is 7.07. The van der Waals surface area contributed by atoms with Gasteiger partial charge in [0.25, 0.3) is 5.91 Å². The molecule has 0 unspecified atom stereocenters. The van der Waals surface area contributed by atoms with Crippen molar-refractivity contribution < 1.29 is 4.79 Å². The molecule has 0 aliphatic carbocycles. The molecule has 0 bridgehead atoms. The lowest BCUT2D eigenvalue weighted by atomic mass is 10.0. The molecule has 0 heterocycles. The summed E-state index contributed by atoms with van der Waals surface area (Å²) in [5.41, 5.74) is 2.95. The Hall–Kier alpha value is -1.02. The van der Waals surface area contributed by atoms with Crippen LogP contribution < -0.4 is 0 Å². The number of carbonyl (C=O) groups is 1. The minimum atomic E-state index is 0.0388. The van der Waals surface area contributed by atoms with Gasteiger partial charge in [0.05, 0.1) is 0 Å². The van der Waals surface area contributed by atoms with E-state index in [2.05, 4.69) is 0 Å². The number of alkyl halides is 1. The van der Waals surface area contributed by atoms with Gasteiger partial charge in [0.15, 0.2) is 0 Å². The average molecular weight is 226 g/mol. The molecule has 0 aromatic heterocycles. The van der Waals surface area contributed by atoms with Crippen LogP contribution in [0.1, 0.15) is 21.5 Å². The molecule has 1 rings (SSSR count). The first-order valence-electron chi connectivity index (χ1n) is 4.95. The Morgan fingerprint density at radius 1 is 1.40 bits per heavy atom. The summed E-state index contributed by atoms with van der Waals surface area (Å²) in [5.74, 6) is 0.504. The van der Waals surface area contributed by atoms with Crippen molar-refractivity contribution in [3.05, 3.63) is 34.9 Å².